The van der Waals surface area contributed by atoms with Crippen LogP contribution in [0.2, 0.25) is 10.0 Å². The van der Waals surface area contributed by atoms with E-state index in [1.807, 2.05) is 0 Å². The number of benzene rings is 2. The number of hydrogen-bond acceptors (Lipinski definition) is 3. The van der Waals surface area contributed by atoms with E-state index in [1.54, 1.807) is 31.0 Å². The van der Waals surface area contributed by atoms with Gasteiger partial charge in [-0.05, 0) is 56.4 Å². The Morgan fingerprint density at radius 2 is 1.77 bits per heavy atom. The first-order chi connectivity index (χ1) is 12.3. The second-order valence-electron chi connectivity index (χ2n) is 5.76. The van der Waals surface area contributed by atoms with Crippen molar-refractivity contribution in [3.8, 4) is 0 Å². The van der Waals surface area contributed by atoms with Crippen LogP contribution in [0.1, 0.15) is 6.92 Å². The fourth-order valence-electron chi connectivity index (χ4n) is 2.13. The molecule has 0 aliphatic rings. The molecule has 0 saturated heterocycles. The van der Waals surface area contributed by atoms with Gasteiger partial charge in [0, 0.05) is 10.7 Å². The predicted molar refractivity (Wildman–Crippen MR) is 102 cm³/mol. The molecule has 26 heavy (non-hydrogen) atoms. The molecule has 2 amide bonds. The van der Waals surface area contributed by atoms with Crippen molar-refractivity contribution in [1.29, 1.82) is 0 Å². The SMILES string of the molecule is C[C@@H](C(=O)Nc1ccc(Cl)cc1Cl)N(C)CC(=O)Nc1ccc(F)cc1. The summed E-state index contributed by atoms with van der Waals surface area (Å²) in [4.78, 5) is 26.0. The zero-order valence-electron chi connectivity index (χ0n) is 14.2. The Balaban J connectivity index is 1.90. The molecule has 2 N–H and O–H groups in total. The van der Waals surface area contributed by atoms with Gasteiger partial charge < -0.3 is 10.6 Å². The molecular weight excluding hydrogens is 380 g/mol. The van der Waals surface area contributed by atoms with E-state index in [9.17, 15) is 14.0 Å². The van der Waals surface area contributed by atoms with Crippen LogP contribution in [0.5, 0.6) is 0 Å². The molecule has 5 nitrogen and oxygen atoms in total. The van der Waals surface area contributed by atoms with Crippen LogP contribution in [-0.2, 0) is 9.59 Å². The summed E-state index contributed by atoms with van der Waals surface area (Å²) >= 11 is 11.9. The molecule has 138 valence electrons. The van der Waals surface area contributed by atoms with Gasteiger partial charge in [-0.3, -0.25) is 14.5 Å². The molecule has 2 rings (SSSR count). The van der Waals surface area contributed by atoms with E-state index in [0.717, 1.165) is 0 Å². The van der Waals surface area contributed by atoms with Gasteiger partial charge in [0.15, 0.2) is 0 Å². The molecule has 0 fully saturated rings. The molecule has 8 heteroatoms. The number of nitrogens with one attached hydrogen (secondary N) is 2. The number of nitrogens with zero attached hydrogens (tertiary/aromatic N) is 1. The van der Waals surface area contributed by atoms with Crippen molar-refractivity contribution in [3.05, 3.63) is 58.3 Å². The van der Waals surface area contributed by atoms with Crippen molar-refractivity contribution < 1.29 is 14.0 Å². The molecular formula is C18H18Cl2FN3O2. The molecule has 0 spiro atoms. The highest BCUT2D eigenvalue weighted by atomic mass is 35.5. The highest BCUT2D eigenvalue weighted by Gasteiger charge is 2.21. The third-order valence-corrected chi connectivity index (χ3v) is 4.30. The number of carbonyl (C=O) groups is 2. The molecule has 0 aromatic heterocycles. The molecule has 2 aromatic carbocycles. The topological polar surface area (TPSA) is 61.4 Å². The predicted octanol–water partition coefficient (Wildman–Crippen LogP) is 4.03. The lowest BCUT2D eigenvalue weighted by atomic mass is 10.2. The monoisotopic (exact) mass is 397 g/mol. The average molecular weight is 398 g/mol. The van der Waals surface area contributed by atoms with E-state index in [-0.39, 0.29) is 24.2 Å². The number of likely N-dealkylation sites (N-methyl/N-ethyl adjacent to an activating group) is 1. The van der Waals surface area contributed by atoms with E-state index in [1.165, 1.54) is 30.3 Å². The fraction of sp³-hybridized carbons (Fsp3) is 0.222. The molecule has 0 aliphatic heterocycles. The first-order valence-corrected chi connectivity index (χ1v) is 8.53. The summed E-state index contributed by atoms with van der Waals surface area (Å²) < 4.78 is 12.9. The summed E-state index contributed by atoms with van der Waals surface area (Å²) in [6, 6.07) is 9.61. The zero-order valence-corrected chi connectivity index (χ0v) is 15.7. The summed E-state index contributed by atoms with van der Waals surface area (Å²) in [5.41, 5.74) is 0.923. The van der Waals surface area contributed by atoms with Crippen LogP contribution in [0, 0.1) is 5.82 Å². The van der Waals surface area contributed by atoms with Gasteiger partial charge in [-0.1, -0.05) is 23.2 Å². The van der Waals surface area contributed by atoms with Gasteiger partial charge in [-0.2, -0.15) is 0 Å². The standard InChI is InChI=1S/C18H18Cl2FN3O2/c1-11(18(26)23-16-8-3-12(19)9-15(16)20)24(2)10-17(25)22-14-6-4-13(21)5-7-14/h3-9,11H,10H2,1-2H3,(H,22,25)(H,23,26)/t11-/m0/s1. The van der Waals surface area contributed by atoms with Crippen LogP contribution >= 0.6 is 23.2 Å². The van der Waals surface area contributed by atoms with Crippen LogP contribution in [0.25, 0.3) is 0 Å². The summed E-state index contributed by atoms with van der Waals surface area (Å²) in [7, 11) is 1.65. The van der Waals surface area contributed by atoms with Gasteiger partial charge in [0.05, 0.1) is 23.3 Å². The molecule has 0 heterocycles. The quantitative estimate of drug-likeness (QED) is 0.773. The van der Waals surface area contributed by atoms with Crippen molar-refractivity contribution in [3.63, 3.8) is 0 Å². The first-order valence-electron chi connectivity index (χ1n) is 7.78. The maximum Gasteiger partial charge on any atom is 0.241 e. The molecule has 1 atom stereocenters. The van der Waals surface area contributed by atoms with E-state index in [2.05, 4.69) is 10.6 Å². The lowest BCUT2D eigenvalue weighted by molar-refractivity contribution is -0.122. The maximum absolute atomic E-state index is 12.9. The van der Waals surface area contributed by atoms with Gasteiger partial charge in [-0.25, -0.2) is 4.39 Å². The zero-order chi connectivity index (χ0) is 19.3. The van der Waals surface area contributed by atoms with Crippen molar-refractivity contribution >= 4 is 46.4 Å². The lowest BCUT2D eigenvalue weighted by Crippen LogP contribution is -2.43. The number of carbonyl (C=O) groups excluding carboxylic acids is 2. The van der Waals surface area contributed by atoms with Crippen LogP contribution in [0.4, 0.5) is 15.8 Å². The van der Waals surface area contributed by atoms with Gasteiger partial charge in [-0.15, -0.1) is 0 Å². The largest absolute Gasteiger partial charge is 0.325 e. The van der Waals surface area contributed by atoms with Gasteiger partial charge in [0.1, 0.15) is 5.82 Å². The Morgan fingerprint density at radius 3 is 2.38 bits per heavy atom. The van der Waals surface area contributed by atoms with Crippen molar-refractivity contribution in [2.24, 2.45) is 0 Å². The van der Waals surface area contributed by atoms with E-state index >= 15 is 0 Å². The van der Waals surface area contributed by atoms with Crippen LogP contribution < -0.4 is 10.6 Å². The minimum Gasteiger partial charge on any atom is -0.325 e. The first kappa shape index (κ1) is 20.2. The van der Waals surface area contributed by atoms with E-state index < -0.39 is 6.04 Å². The molecule has 0 bridgehead atoms. The Bertz CT molecular complexity index is 800. The van der Waals surface area contributed by atoms with E-state index in [4.69, 9.17) is 23.2 Å². The molecule has 2 aromatic rings. The Hall–Kier alpha value is -2.15. The molecule has 0 unspecified atom stereocenters. The van der Waals surface area contributed by atoms with Gasteiger partial charge in [0.2, 0.25) is 11.8 Å². The lowest BCUT2D eigenvalue weighted by Gasteiger charge is -2.23. The third kappa shape index (κ3) is 5.69. The number of halogens is 3. The number of anilines is 2. The maximum atomic E-state index is 12.9. The minimum absolute atomic E-state index is 0.0136. The van der Waals surface area contributed by atoms with Crippen LogP contribution in [0.3, 0.4) is 0 Å². The third-order valence-electron chi connectivity index (χ3n) is 3.75. The van der Waals surface area contributed by atoms with Gasteiger partial charge >= 0.3 is 0 Å². The smallest absolute Gasteiger partial charge is 0.241 e. The van der Waals surface area contributed by atoms with Crippen molar-refractivity contribution in [2.75, 3.05) is 24.2 Å². The Morgan fingerprint density at radius 1 is 1.12 bits per heavy atom. The number of amides is 2. The highest BCUT2D eigenvalue weighted by molar-refractivity contribution is 6.36. The summed E-state index contributed by atoms with van der Waals surface area (Å²) in [5, 5.41) is 6.14. The van der Waals surface area contributed by atoms with Crippen molar-refractivity contribution in [1.82, 2.24) is 4.90 Å². The van der Waals surface area contributed by atoms with Gasteiger partial charge in [0.25, 0.3) is 0 Å². The minimum atomic E-state index is -0.583. The highest BCUT2D eigenvalue weighted by Crippen LogP contribution is 2.25. The summed E-state index contributed by atoms with van der Waals surface area (Å²) in [6.07, 6.45) is 0. The van der Waals surface area contributed by atoms with Crippen molar-refractivity contribution in [2.45, 2.75) is 13.0 Å². The van der Waals surface area contributed by atoms with E-state index in [0.29, 0.717) is 21.4 Å². The normalized spacial score (nSPS) is 11.9. The molecule has 0 radical (unpaired) electrons. The number of rotatable bonds is 6. The Kier molecular flexibility index (Phi) is 6.97. The second kappa shape index (κ2) is 8.98. The Labute approximate surface area is 161 Å². The fourth-order valence-corrected chi connectivity index (χ4v) is 2.58. The van der Waals surface area contributed by atoms with Crippen LogP contribution in [0.15, 0.2) is 42.5 Å². The molecule has 0 saturated carbocycles. The number of hydrogen-bond donors (Lipinski definition) is 2. The van der Waals surface area contributed by atoms with Crippen LogP contribution in [-0.4, -0.2) is 36.3 Å². The second-order valence-corrected chi connectivity index (χ2v) is 6.60. The average Bonchev–Trinajstić information content (AvgIpc) is 2.58. The summed E-state index contributed by atoms with van der Waals surface area (Å²) in [6.45, 7) is 1.66. The summed E-state index contributed by atoms with van der Waals surface area (Å²) in [5.74, 6) is -1.01. The molecule has 0 aliphatic carbocycles.